The zero-order chi connectivity index (χ0) is 14.5. The molecule has 19 heavy (non-hydrogen) atoms. The highest BCUT2D eigenvalue weighted by molar-refractivity contribution is 5.94. The van der Waals surface area contributed by atoms with Gasteiger partial charge in [-0.1, -0.05) is 13.8 Å². The molecule has 2 N–H and O–H groups in total. The number of hydrogen-bond donors (Lipinski definition) is 2. The standard InChI is InChI=1S/C14H24N4O/c1-14(2,10-18(4)5)9-17-12-8-11(6-7-16-12)13(19)15-3/h6-8H,9-10H2,1-5H3,(H,15,19)(H,16,17). The average Bonchev–Trinajstić information content (AvgIpc) is 2.34. The van der Waals surface area contributed by atoms with Crippen LogP contribution < -0.4 is 10.6 Å². The highest BCUT2D eigenvalue weighted by atomic mass is 16.1. The summed E-state index contributed by atoms with van der Waals surface area (Å²) in [5, 5.41) is 5.90. The molecule has 1 rings (SSSR count). The van der Waals surface area contributed by atoms with Crippen molar-refractivity contribution in [3.63, 3.8) is 0 Å². The molecule has 0 spiro atoms. The van der Waals surface area contributed by atoms with E-state index in [1.165, 1.54) is 0 Å². The zero-order valence-corrected chi connectivity index (χ0v) is 12.4. The van der Waals surface area contributed by atoms with Crippen LogP contribution in [0.5, 0.6) is 0 Å². The van der Waals surface area contributed by atoms with E-state index >= 15 is 0 Å². The van der Waals surface area contributed by atoms with E-state index < -0.39 is 0 Å². The summed E-state index contributed by atoms with van der Waals surface area (Å²) in [5.41, 5.74) is 0.749. The lowest BCUT2D eigenvalue weighted by molar-refractivity contribution is 0.0963. The molecule has 1 heterocycles. The van der Waals surface area contributed by atoms with Crippen LogP contribution in [0.25, 0.3) is 0 Å². The van der Waals surface area contributed by atoms with Crippen molar-refractivity contribution < 1.29 is 4.79 Å². The molecule has 1 aromatic heterocycles. The first-order chi connectivity index (χ1) is 8.84. The molecule has 0 bridgehead atoms. The molecule has 0 fully saturated rings. The highest BCUT2D eigenvalue weighted by Crippen LogP contribution is 2.17. The minimum Gasteiger partial charge on any atom is -0.369 e. The molecule has 0 saturated heterocycles. The molecule has 0 aromatic carbocycles. The van der Waals surface area contributed by atoms with Crippen LogP contribution >= 0.6 is 0 Å². The Kier molecular flexibility index (Phi) is 5.30. The Hall–Kier alpha value is -1.62. The Morgan fingerprint density at radius 3 is 2.68 bits per heavy atom. The third kappa shape index (κ3) is 5.26. The lowest BCUT2D eigenvalue weighted by atomic mass is 9.93. The molecule has 0 atom stereocenters. The van der Waals surface area contributed by atoms with Crippen LogP contribution in [0.15, 0.2) is 18.3 Å². The molecule has 1 aromatic rings. The van der Waals surface area contributed by atoms with Crippen LogP contribution in [-0.4, -0.2) is 50.0 Å². The maximum absolute atomic E-state index is 11.5. The summed E-state index contributed by atoms with van der Waals surface area (Å²) in [6, 6.07) is 3.47. The average molecular weight is 264 g/mol. The van der Waals surface area contributed by atoms with Crippen LogP contribution in [-0.2, 0) is 0 Å². The van der Waals surface area contributed by atoms with Gasteiger partial charge in [-0.05, 0) is 31.6 Å². The largest absolute Gasteiger partial charge is 0.369 e. The first-order valence-corrected chi connectivity index (χ1v) is 6.41. The van der Waals surface area contributed by atoms with Crippen LogP contribution in [0.4, 0.5) is 5.82 Å². The Labute approximate surface area is 115 Å². The molecule has 0 aliphatic heterocycles. The molecule has 0 aliphatic carbocycles. The van der Waals surface area contributed by atoms with Crippen molar-refractivity contribution in [1.82, 2.24) is 15.2 Å². The minimum atomic E-state index is -0.0991. The van der Waals surface area contributed by atoms with Crippen molar-refractivity contribution in [3.05, 3.63) is 23.9 Å². The summed E-state index contributed by atoms with van der Waals surface area (Å²) in [6.07, 6.45) is 1.64. The van der Waals surface area contributed by atoms with Crippen LogP contribution in [0, 0.1) is 5.41 Å². The number of hydrogen-bond acceptors (Lipinski definition) is 4. The van der Waals surface area contributed by atoms with Crippen LogP contribution in [0.2, 0.25) is 0 Å². The zero-order valence-electron chi connectivity index (χ0n) is 12.4. The number of amides is 1. The number of carbonyl (C=O) groups excluding carboxylic acids is 1. The van der Waals surface area contributed by atoms with Gasteiger partial charge in [0.15, 0.2) is 0 Å². The molecule has 0 saturated carbocycles. The van der Waals surface area contributed by atoms with Crippen molar-refractivity contribution in [1.29, 1.82) is 0 Å². The van der Waals surface area contributed by atoms with Gasteiger partial charge in [-0.25, -0.2) is 4.98 Å². The molecule has 0 radical (unpaired) electrons. The van der Waals surface area contributed by atoms with Gasteiger partial charge in [0.2, 0.25) is 0 Å². The van der Waals surface area contributed by atoms with Crippen molar-refractivity contribution in [2.24, 2.45) is 5.41 Å². The fourth-order valence-corrected chi connectivity index (χ4v) is 2.05. The van der Waals surface area contributed by atoms with Gasteiger partial charge in [-0.3, -0.25) is 4.79 Å². The normalized spacial score (nSPS) is 11.5. The second-order valence-corrected chi connectivity index (χ2v) is 5.76. The van der Waals surface area contributed by atoms with Gasteiger partial charge in [0.05, 0.1) is 0 Å². The number of rotatable bonds is 6. The van der Waals surface area contributed by atoms with Gasteiger partial charge >= 0.3 is 0 Å². The van der Waals surface area contributed by atoms with E-state index in [1.807, 2.05) is 0 Å². The third-order valence-corrected chi connectivity index (χ3v) is 2.74. The molecule has 0 unspecified atom stereocenters. The minimum absolute atomic E-state index is 0.0991. The lowest BCUT2D eigenvalue weighted by Gasteiger charge is -2.28. The Balaban J connectivity index is 2.65. The summed E-state index contributed by atoms with van der Waals surface area (Å²) in [7, 11) is 5.74. The number of nitrogens with zero attached hydrogens (tertiary/aromatic N) is 2. The smallest absolute Gasteiger partial charge is 0.251 e. The summed E-state index contributed by atoms with van der Waals surface area (Å²) in [4.78, 5) is 17.9. The van der Waals surface area contributed by atoms with Crippen LogP contribution in [0.1, 0.15) is 24.2 Å². The van der Waals surface area contributed by atoms with E-state index in [2.05, 4.69) is 48.5 Å². The summed E-state index contributed by atoms with van der Waals surface area (Å²) >= 11 is 0. The van der Waals surface area contributed by atoms with Crippen molar-refractivity contribution in [3.8, 4) is 0 Å². The predicted molar refractivity (Wildman–Crippen MR) is 78.5 cm³/mol. The Morgan fingerprint density at radius 2 is 2.11 bits per heavy atom. The van der Waals surface area contributed by atoms with Crippen molar-refractivity contribution in [2.75, 3.05) is 39.5 Å². The van der Waals surface area contributed by atoms with Gasteiger partial charge < -0.3 is 15.5 Å². The van der Waals surface area contributed by atoms with E-state index in [4.69, 9.17) is 0 Å². The number of pyridine rings is 1. The quantitative estimate of drug-likeness (QED) is 0.816. The Bertz CT molecular complexity index is 429. The molecule has 106 valence electrons. The third-order valence-electron chi connectivity index (χ3n) is 2.74. The fraction of sp³-hybridized carbons (Fsp3) is 0.571. The number of carbonyl (C=O) groups is 1. The number of nitrogens with one attached hydrogen (secondary N) is 2. The van der Waals surface area contributed by atoms with Gasteiger partial charge in [-0.2, -0.15) is 0 Å². The number of anilines is 1. The van der Waals surface area contributed by atoms with Crippen LogP contribution in [0.3, 0.4) is 0 Å². The second-order valence-electron chi connectivity index (χ2n) is 5.76. The van der Waals surface area contributed by atoms with Crippen molar-refractivity contribution in [2.45, 2.75) is 13.8 Å². The van der Waals surface area contributed by atoms with Gasteiger partial charge in [0.25, 0.3) is 5.91 Å². The topological polar surface area (TPSA) is 57.3 Å². The Morgan fingerprint density at radius 1 is 1.42 bits per heavy atom. The molecule has 5 heteroatoms. The van der Waals surface area contributed by atoms with E-state index in [-0.39, 0.29) is 11.3 Å². The monoisotopic (exact) mass is 264 g/mol. The van der Waals surface area contributed by atoms with E-state index in [0.29, 0.717) is 5.56 Å². The van der Waals surface area contributed by atoms with Crippen molar-refractivity contribution >= 4 is 11.7 Å². The first kappa shape index (κ1) is 15.4. The van der Waals surface area contributed by atoms with Gasteiger partial charge in [0.1, 0.15) is 5.82 Å². The van der Waals surface area contributed by atoms with E-state index in [1.54, 1.807) is 25.4 Å². The van der Waals surface area contributed by atoms with Gasteiger partial charge in [0, 0.05) is 31.9 Å². The summed E-state index contributed by atoms with van der Waals surface area (Å²) < 4.78 is 0. The first-order valence-electron chi connectivity index (χ1n) is 6.41. The SMILES string of the molecule is CNC(=O)c1ccnc(NCC(C)(C)CN(C)C)c1. The molecule has 0 aliphatic rings. The molecule has 5 nitrogen and oxygen atoms in total. The fourth-order valence-electron chi connectivity index (χ4n) is 2.05. The van der Waals surface area contributed by atoms with E-state index in [9.17, 15) is 4.79 Å². The lowest BCUT2D eigenvalue weighted by Crippen LogP contribution is -2.34. The summed E-state index contributed by atoms with van der Waals surface area (Å²) in [5.74, 6) is 0.630. The maximum Gasteiger partial charge on any atom is 0.251 e. The molecular weight excluding hydrogens is 240 g/mol. The predicted octanol–water partition coefficient (Wildman–Crippen LogP) is 1.44. The molecule has 1 amide bonds. The second kappa shape index (κ2) is 6.52. The number of aromatic nitrogens is 1. The maximum atomic E-state index is 11.5. The van der Waals surface area contributed by atoms with E-state index in [0.717, 1.165) is 18.9 Å². The van der Waals surface area contributed by atoms with Gasteiger partial charge in [-0.15, -0.1) is 0 Å². The summed E-state index contributed by atoms with van der Waals surface area (Å²) in [6.45, 7) is 6.18. The molecular formula is C14H24N4O. The highest BCUT2D eigenvalue weighted by Gasteiger charge is 2.18.